The van der Waals surface area contributed by atoms with Crippen LogP contribution in [0.15, 0.2) is 23.1 Å². The minimum absolute atomic E-state index is 0. The zero-order valence-corrected chi connectivity index (χ0v) is 16.0. The molecule has 1 aliphatic heterocycles. The van der Waals surface area contributed by atoms with Crippen molar-refractivity contribution in [2.45, 2.75) is 30.7 Å². The van der Waals surface area contributed by atoms with Gasteiger partial charge in [-0.15, -0.1) is 12.4 Å². The first-order valence-electron chi connectivity index (χ1n) is 7.52. The second-order valence-electron chi connectivity index (χ2n) is 5.39. The van der Waals surface area contributed by atoms with Gasteiger partial charge < -0.3 is 10.1 Å². The molecule has 0 aliphatic carbocycles. The van der Waals surface area contributed by atoms with E-state index in [0.29, 0.717) is 19.5 Å². The molecule has 1 saturated heterocycles. The third-order valence-corrected chi connectivity index (χ3v) is 6.06. The van der Waals surface area contributed by atoms with E-state index in [0.717, 1.165) is 13.0 Å². The molecule has 0 radical (unpaired) electrons. The lowest BCUT2D eigenvalue weighted by atomic mass is 10.2. The third-order valence-electron chi connectivity index (χ3n) is 3.82. The van der Waals surface area contributed by atoms with E-state index in [9.17, 15) is 13.2 Å². The van der Waals surface area contributed by atoms with Crippen LogP contribution in [0.4, 0.5) is 0 Å². The summed E-state index contributed by atoms with van der Waals surface area (Å²) in [7, 11) is -2.60. The van der Waals surface area contributed by atoms with Gasteiger partial charge in [0.05, 0.1) is 17.6 Å². The molecular weight excluding hydrogens is 375 g/mol. The summed E-state index contributed by atoms with van der Waals surface area (Å²) in [4.78, 5) is 11.9. The van der Waals surface area contributed by atoms with Crippen molar-refractivity contribution in [1.29, 1.82) is 0 Å². The van der Waals surface area contributed by atoms with Crippen molar-refractivity contribution in [1.82, 2.24) is 9.62 Å². The number of carbonyl (C=O) groups excluding carboxylic acids is 1. The lowest BCUT2D eigenvalue weighted by Gasteiger charge is -2.28. The maximum Gasteiger partial charge on any atom is 0.339 e. The predicted octanol–water partition coefficient (Wildman–Crippen LogP) is 2.31. The molecule has 9 heteroatoms. The van der Waals surface area contributed by atoms with Gasteiger partial charge in [0.15, 0.2) is 0 Å². The van der Waals surface area contributed by atoms with Crippen molar-refractivity contribution < 1.29 is 17.9 Å². The van der Waals surface area contributed by atoms with Crippen molar-refractivity contribution >= 4 is 40.0 Å². The molecule has 6 nitrogen and oxygen atoms in total. The second-order valence-corrected chi connectivity index (χ2v) is 7.69. The van der Waals surface area contributed by atoms with Crippen molar-refractivity contribution in [3.05, 3.63) is 28.8 Å². The zero-order valence-electron chi connectivity index (χ0n) is 13.6. The lowest BCUT2D eigenvalue weighted by Crippen LogP contribution is -2.42. The number of esters is 1. The molecule has 0 saturated carbocycles. The second kappa shape index (κ2) is 9.01. The summed E-state index contributed by atoms with van der Waals surface area (Å²) in [6.45, 7) is 3.72. The maximum atomic E-state index is 13.1. The van der Waals surface area contributed by atoms with Crippen LogP contribution < -0.4 is 5.32 Å². The summed E-state index contributed by atoms with van der Waals surface area (Å²) in [5.74, 6) is -0.716. The monoisotopic (exact) mass is 396 g/mol. The van der Waals surface area contributed by atoms with Crippen LogP contribution in [0, 0.1) is 0 Å². The number of ether oxygens (including phenoxy) is 1. The van der Waals surface area contributed by atoms with Gasteiger partial charge in [-0.3, -0.25) is 0 Å². The van der Waals surface area contributed by atoms with Crippen molar-refractivity contribution in [3.8, 4) is 0 Å². The quantitative estimate of drug-likeness (QED) is 0.746. The highest BCUT2D eigenvalue weighted by molar-refractivity contribution is 7.89. The highest BCUT2D eigenvalue weighted by Gasteiger charge is 2.35. The zero-order chi connectivity index (χ0) is 17.0. The first kappa shape index (κ1) is 21.2. The van der Waals surface area contributed by atoms with E-state index < -0.39 is 16.0 Å². The fraction of sp³-hybridized carbons (Fsp3) is 0.533. The molecule has 1 unspecified atom stereocenters. The third kappa shape index (κ3) is 4.40. The molecule has 1 fully saturated rings. The van der Waals surface area contributed by atoms with Crippen LogP contribution in [0.5, 0.6) is 0 Å². The summed E-state index contributed by atoms with van der Waals surface area (Å²) >= 11 is 5.91. The number of benzene rings is 1. The van der Waals surface area contributed by atoms with E-state index in [1.165, 1.54) is 29.6 Å². The van der Waals surface area contributed by atoms with E-state index in [1.54, 1.807) is 0 Å². The maximum absolute atomic E-state index is 13.1. The Kier molecular flexibility index (Phi) is 7.95. The molecule has 1 atom stereocenters. The SMILES string of the molecule is CCCN(C1CCNC1)S(=O)(=O)c1ccc(Cl)cc1C(=O)OC.Cl. The normalized spacial score (nSPS) is 17.6. The number of halogens is 2. The number of rotatable bonds is 6. The van der Waals surface area contributed by atoms with E-state index in [-0.39, 0.29) is 33.9 Å². The first-order chi connectivity index (χ1) is 10.9. The van der Waals surface area contributed by atoms with Gasteiger partial charge in [0.1, 0.15) is 0 Å². The number of hydrogen-bond acceptors (Lipinski definition) is 5. The average molecular weight is 397 g/mol. The van der Waals surface area contributed by atoms with E-state index in [4.69, 9.17) is 16.3 Å². The average Bonchev–Trinajstić information content (AvgIpc) is 3.05. The Morgan fingerprint density at radius 1 is 1.46 bits per heavy atom. The van der Waals surface area contributed by atoms with Gasteiger partial charge in [-0.2, -0.15) is 4.31 Å². The molecule has 1 aliphatic rings. The number of hydrogen-bond donors (Lipinski definition) is 1. The fourth-order valence-electron chi connectivity index (χ4n) is 2.73. The first-order valence-corrected chi connectivity index (χ1v) is 9.34. The molecule has 0 spiro atoms. The summed E-state index contributed by atoms with van der Waals surface area (Å²) in [6.07, 6.45) is 1.44. The van der Waals surface area contributed by atoms with Gasteiger partial charge in [-0.05, 0) is 37.6 Å². The highest BCUT2D eigenvalue weighted by Crippen LogP contribution is 2.27. The fourth-order valence-corrected chi connectivity index (χ4v) is 4.81. The van der Waals surface area contributed by atoms with Gasteiger partial charge in [-0.25, -0.2) is 13.2 Å². The minimum Gasteiger partial charge on any atom is -0.465 e. The van der Waals surface area contributed by atoms with Crippen LogP contribution in [0.1, 0.15) is 30.1 Å². The summed E-state index contributed by atoms with van der Waals surface area (Å²) in [6, 6.07) is 4.06. The van der Waals surface area contributed by atoms with E-state index in [2.05, 4.69) is 5.32 Å². The van der Waals surface area contributed by atoms with Gasteiger partial charge in [0.2, 0.25) is 10.0 Å². The Bertz CT molecular complexity index is 676. The number of methoxy groups -OCH3 is 1. The topological polar surface area (TPSA) is 75.7 Å². The largest absolute Gasteiger partial charge is 0.465 e. The number of nitrogens with zero attached hydrogens (tertiary/aromatic N) is 1. The molecule has 1 aromatic carbocycles. The molecule has 0 bridgehead atoms. The van der Waals surface area contributed by atoms with Crippen LogP contribution in [0.25, 0.3) is 0 Å². The smallest absolute Gasteiger partial charge is 0.339 e. The van der Waals surface area contributed by atoms with Crippen LogP contribution in [-0.4, -0.2) is 51.5 Å². The Balaban J connectivity index is 0.00000288. The molecule has 1 N–H and O–H groups in total. The van der Waals surface area contributed by atoms with Crippen LogP contribution >= 0.6 is 24.0 Å². The van der Waals surface area contributed by atoms with E-state index >= 15 is 0 Å². The highest BCUT2D eigenvalue weighted by atomic mass is 35.5. The van der Waals surface area contributed by atoms with Crippen molar-refractivity contribution in [2.24, 2.45) is 0 Å². The number of carbonyl (C=O) groups is 1. The Labute approximate surface area is 154 Å². The number of nitrogens with one attached hydrogen (secondary N) is 1. The molecular formula is C15H22Cl2N2O4S. The number of sulfonamides is 1. The summed E-state index contributed by atoms with van der Waals surface area (Å²) in [5, 5.41) is 3.46. The van der Waals surface area contributed by atoms with Crippen LogP contribution in [-0.2, 0) is 14.8 Å². The van der Waals surface area contributed by atoms with Gasteiger partial charge in [0.25, 0.3) is 0 Å². The lowest BCUT2D eigenvalue weighted by molar-refractivity contribution is 0.0596. The molecule has 2 rings (SSSR count). The molecule has 1 aromatic rings. The van der Waals surface area contributed by atoms with Crippen molar-refractivity contribution in [2.75, 3.05) is 26.7 Å². The molecule has 0 amide bonds. The van der Waals surface area contributed by atoms with Gasteiger partial charge in [0, 0.05) is 24.2 Å². The summed E-state index contributed by atoms with van der Waals surface area (Å²) < 4.78 is 32.4. The van der Waals surface area contributed by atoms with Crippen LogP contribution in [0.2, 0.25) is 5.02 Å². The Hall–Kier alpha value is -0.860. The van der Waals surface area contributed by atoms with Crippen LogP contribution in [0.3, 0.4) is 0 Å². The molecule has 24 heavy (non-hydrogen) atoms. The van der Waals surface area contributed by atoms with Crippen molar-refractivity contribution in [3.63, 3.8) is 0 Å². The van der Waals surface area contributed by atoms with E-state index in [1.807, 2.05) is 6.92 Å². The molecule has 1 heterocycles. The Morgan fingerprint density at radius 3 is 2.71 bits per heavy atom. The molecule has 136 valence electrons. The molecule has 0 aromatic heterocycles. The minimum atomic E-state index is -3.82. The summed E-state index contributed by atoms with van der Waals surface area (Å²) in [5.41, 5.74) is -0.0351. The van der Waals surface area contributed by atoms with Gasteiger partial charge >= 0.3 is 5.97 Å². The predicted molar refractivity (Wildman–Crippen MR) is 95.5 cm³/mol. The van der Waals surface area contributed by atoms with Gasteiger partial charge in [-0.1, -0.05) is 18.5 Å². The Morgan fingerprint density at radius 2 is 2.17 bits per heavy atom. The standard InChI is InChI=1S/C15H21ClN2O4S.ClH/c1-3-8-18(12-6-7-17-10-12)23(20,21)14-5-4-11(16)9-13(14)15(19)22-2;/h4-5,9,12,17H,3,6-8,10H2,1-2H3;1H.